The summed E-state index contributed by atoms with van der Waals surface area (Å²) in [6, 6.07) is 6.26. The minimum Gasteiger partial charge on any atom is -0.237 e. The molecule has 2 aromatic rings. The molecule has 0 fully saturated rings. The van der Waals surface area contributed by atoms with Gasteiger partial charge in [0.25, 0.3) is 0 Å². The zero-order chi connectivity index (χ0) is 10.7. The standard InChI is InChI=1S/C13H16N2/c1-3-4-6-11-9-12-7-5-8-14-13(12)15-10(11)2/h5,7-9H,3-4,6H2,1-2H3. The van der Waals surface area contributed by atoms with Gasteiger partial charge in [-0.3, -0.25) is 0 Å². The van der Waals surface area contributed by atoms with Crippen molar-refractivity contribution in [1.29, 1.82) is 0 Å². The van der Waals surface area contributed by atoms with Crippen LogP contribution in [-0.2, 0) is 6.42 Å². The molecule has 0 radical (unpaired) electrons. The summed E-state index contributed by atoms with van der Waals surface area (Å²) in [7, 11) is 0. The van der Waals surface area contributed by atoms with Crippen molar-refractivity contribution in [1.82, 2.24) is 9.97 Å². The van der Waals surface area contributed by atoms with E-state index in [4.69, 9.17) is 0 Å². The Hall–Kier alpha value is -1.44. The molecule has 15 heavy (non-hydrogen) atoms. The number of nitrogens with zero attached hydrogens (tertiary/aromatic N) is 2. The van der Waals surface area contributed by atoms with E-state index in [1.807, 2.05) is 6.07 Å². The van der Waals surface area contributed by atoms with Crippen molar-refractivity contribution < 1.29 is 0 Å². The lowest BCUT2D eigenvalue weighted by Gasteiger charge is -2.05. The molecule has 0 bridgehead atoms. The summed E-state index contributed by atoms with van der Waals surface area (Å²) in [5.74, 6) is 0. The van der Waals surface area contributed by atoms with Crippen LogP contribution in [0.3, 0.4) is 0 Å². The molecular weight excluding hydrogens is 184 g/mol. The molecule has 0 aliphatic carbocycles. The van der Waals surface area contributed by atoms with Crippen molar-refractivity contribution in [2.45, 2.75) is 33.1 Å². The molecule has 2 heterocycles. The molecule has 2 rings (SSSR count). The Kier molecular flexibility index (Phi) is 2.95. The van der Waals surface area contributed by atoms with Gasteiger partial charge in [0.15, 0.2) is 5.65 Å². The predicted octanol–water partition coefficient (Wildman–Crippen LogP) is 3.28. The molecule has 0 aliphatic heterocycles. The third-order valence-electron chi connectivity index (χ3n) is 2.68. The highest BCUT2D eigenvalue weighted by molar-refractivity contribution is 5.75. The largest absolute Gasteiger partial charge is 0.237 e. The zero-order valence-corrected chi connectivity index (χ0v) is 9.33. The maximum absolute atomic E-state index is 4.52. The van der Waals surface area contributed by atoms with Crippen LogP contribution in [0.15, 0.2) is 24.4 Å². The molecule has 0 amide bonds. The van der Waals surface area contributed by atoms with E-state index in [0.29, 0.717) is 0 Å². The van der Waals surface area contributed by atoms with E-state index in [0.717, 1.165) is 23.1 Å². The Morgan fingerprint density at radius 2 is 2.20 bits per heavy atom. The van der Waals surface area contributed by atoms with Gasteiger partial charge in [0.05, 0.1) is 0 Å². The first-order valence-electron chi connectivity index (χ1n) is 5.52. The van der Waals surface area contributed by atoms with Gasteiger partial charge in [0.1, 0.15) is 0 Å². The Balaban J connectivity index is 2.43. The number of hydrogen-bond donors (Lipinski definition) is 0. The maximum atomic E-state index is 4.52. The third-order valence-corrected chi connectivity index (χ3v) is 2.68. The first-order chi connectivity index (χ1) is 7.31. The topological polar surface area (TPSA) is 25.8 Å². The van der Waals surface area contributed by atoms with Crippen LogP contribution < -0.4 is 0 Å². The second-order valence-corrected chi connectivity index (χ2v) is 3.89. The molecule has 0 saturated carbocycles. The predicted molar refractivity (Wildman–Crippen MR) is 62.9 cm³/mol. The quantitative estimate of drug-likeness (QED) is 0.759. The van der Waals surface area contributed by atoms with Gasteiger partial charge in [-0.25, -0.2) is 9.97 Å². The number of pyridine rings is 2. The van der Waals surface area contributed by atoms with Crippen LogP contribution in [0.4, 0.5) is 0 Å². The number of fused-ring (bicyclic) bond motifs is 1. The molecule has 78 valence electrons. The number of aryl methyl sites for hydroxylation is 2. The fourth-order valence-corrected chi connectivity index (χ4v) is 1.76. The van der Waals surface area contributed by atoms with Gasteiger partial charge in [0.2, 0.25) is 0 Å². The van der Waals surface area contributed by atoms with Crippen molar-refractivity contribution in [2.75, 3.05) is 0 Å². The molecule has 0 aromatic carbocycles. The normalized spacial score (nSPS) is 10.8. The minimum absolute atomic E-state index is 0.857. The van der Waals surface area contributed by atoms with Crippen LogP contribution in [0, 0.1) is 6.92 Å². The number of unbranched alkanes of at least 4 members (excludes halogenated alkanes) is 1. The highest BCUT2D eigenvalue weighted by atomic mass is 14.8. The van der Waals surface area contributed by atoms with Gasteiger partial charge in [-0.1, -0.05) is 13.3 Å². The van der Waals surface area contributed by atoms with E-state index in [-0.39, 0.29) is 0 Å². The molecule has 2 heteroatoms. The molecule has 2 aromatic heterocycles. The second kappa shape index (κ2) is 4.39. The maximum Gasteiger partial charge on any atom is 0.159 e. The third kappa shape index (κ3) is 2.14. The van der Waals surface area contributed by atoms with Gasteiger partial charge in [-0.05, 0) is 43.5 Å². The fraction of sp³-hybridized carbons (Fsp3) is 0.385. The van der Waals surface area contributed by atoms with Crippen LogP contribution >= 0.6 is 0 Å². The van der Waals surface area contributed by atoms with E-state index >= 15 is 0 Å². The van der Waals surface area contributed by atoms with E-state index < -0.39 is 0 Å². The number of hydrogen-bond acceptors (Lipinski definition) is 2. The van der Waals surface area contributed by atoms with Crippen LogP contribution in [0.5, 0.6) is 0 Å². The summed E-state index contributed by atoms with van der Waals surface area (Å²) < 4.78 is 0. The Bertz CT molecular complexity index is 463. The Morgan fingerprint density at radius 1 is 1.33 bits per heavy atom. The fourth-order valence-electron chi connectivity index (χ4n) is 1.76. The molecule has 0 aliphatic rings. The number of aromatic nitrogens is 2. The van der Waals surface area contributed by atoms with E-state index in [9.17, 15) is 0 Å². The van der Waals surface area contributed by atoms with Crippen molar-refractivity contribution in [3.63, 3.8) is 0 Å². The highest BCUT2D eigenvalue weighted by Gasteiger charge is 2.02. The lowest BCUT2D eigenvalue weighted by Crippen LogP contribution is -1.95. The average Bonchev–Trinajstić information content (AvgIpc) is 2.26. The SMILES string of the molecule is CCCCc1cc2cccnc2nc1C. The van der Waals surface area contributed by atoms with Crippen LogP contribution in [0.25, 0.3) is 11.0 Å². The smallest absolute Gasteiger partial charge is 0.159 e. The lowest BCUT2D eigenvalue weighted by atomic mass is 10.1. The summed E-state index contributed by atoms with van der Waals surface area (Å²) in [5, 5.41) is 1.15. The molecular formula is C13H16N2. The summed E-state index contributed by atoms with van der Waals surface area (Å²) in [4.78, 5) is 8.77. The second-order valence-electron chi connectivity index (χ2n) is 3.89. The summed E-state index contributed by atoms with van der Waals surface area (Å²) in [6.45, 7) is 4.28. The van der Waals surface area contributed by atoms with E-state index in [1.165, 1.54) is 18.4 Å². The first-order valence-corrected chi connectivity index (χ1v) is 5.52. The zero-order valence-electron chi connectivity index (χ0n) is 9.33. The molecule has 0 spiro atoms. The molecule has 0 N–H and O–H groups in total. The van der Waals surface area contributed by atoms with E-state index in [1.54, 1.807) is 6.20 Å². The van der Waals surface area contributed by atoms with Crippen LogP contribution in [0.2, 0.25) is 0 Å². The monoisotopic (exact) mass is 200 g/mol. The van der Waals surface area contributed by atoms with Crippen LogP contribution in [-0.4, -0.2) is 9.97 Å². The van der Waals surface area contributed by atoms with Crippen molar-refractivity contribution >= 4 is 11.0 Å². The van der Waals surface area contributed by atoms with Gasteiger partial charge < -0.3 is 0 Å². The van der Waals surface area contributed by atoms with Gasteiger partial charge >= 0.3 is 0 Å². The minimum atomic E-state index is 0.857. The summed E-state index contributed by atoms with van der Waals surface area (Å²) in [5.41, 5.74) is 3.34. The molecule has 2 nitrogen and oxygen atoms in total. The lowest BCUT2D eigenvalue weighted by molar-refractivity contribution is 0.788. The Labute approximate surface area is 90.4 Å². The molecule has 0 atom stereocenters. The van der Waals surface area contributed by atoms with Gasteiger partial charge in [0, 0.05) is 17.3 Å². The number of rotatable bonds is 3. The van der Waals surface area contributed by atoms with Crippen molar-refractivity contribution in [3.05, 3.63) is 35.7 Å². The molecule has 0 unspecified atom stereocenters. The van der Waals surface area contributed by atoms with E-state index in [2.05, 4.69) is 35.9 Å². The Morgan fingerprint density at radius 3 is 3.00 bits per heavy atom. The van der Waals surface area contributed by atoms with Gasteiger partial charge in [-0.2, -0.15) is 0 Å². The molecule has 0 saturated heterocycles. The highest BCUT2D eigenvalue weighted by Crippen LogP contribution is 2.16. The van der Waals surface area contributed by atoms with Crippen LogP contribution in [0.1, 0.15) is 31.0 Å². The van der Waals surface area contributed by atoms with Crippen molar-refractivity contribution in [3.8, 4) is 0 Å². The average molecular weight is 200 g/mol. The van der Waals surface area contributed by atoms with Crippen molar-refractivity contribution in [2.24, 2.45) is 0 Å². The summed E-state index contributed by atoms with van der Waals surface area (Å²) >= 11 is 0. The van der Waals surface area contributed by atoms with Gasteiger partial charge in [-0.15, -0.1) is 0 Å². The summed E-state index contributed by atoms with van der Waals surface area (Å²) in [6.07, 6.45) is 5.37. The first kappa shape index (κ1) is 10.1.